The molecule has 182 valence electrons. The quantitative estimate of drug-likeness (QED) is 0.336. The standard InChI is InChI=1S/C27H23N3O5S/c1-33-23-12-10-18(14-24(23)34-2)22-15-21(25-8-5-13-36-25)29-30(22)26(31)16-35-27(32)20-11-9-17-6-3-4-7-19(17)28-20/h3-14,22H,15-16H2,1-2H3. The van der Waals surface area contributed by atoms with Crippen molar-refractivity contribution < 1.29 is 23.8 Å². The fraction of sp³-hybridized carbons (Fsp3) is 0.185. The third kappa shape index (κ3) is 4.65. The van der Waals surface area contributed by atoms with E-state index in [1.807, 2.05) is 53.9 Å². The van der Waals surface area contributed by atoms with Crippen LogP contribution in [0.4, 0.5) is 0 Å². The Morgan fingerprint density at radius 3 is 2.61 bits per heavy atom. The maximum atomic E-state index is 13.2. The van der Waals surface area contributed by atoms with Gasteiger partial charge < -0.3 is 14.2 Å². The van der Waals surface area contributed by atoms with Crippen LogP contribution in [0, 0.1) is 0 Å². The summed E-state index contributed by atoms with van der Waals surface area (Å²) >= 11 is 1.55. The molecule has 1 unspecified atom stereocenters. The van der Waals surface area contributed by atoms with Crippen LogP contribution < -0.4 is 9.47 Å². The monoisotopic (exact) mass is 501 g/mol. The number of hydrogen-bond donors (Lipinski definition) is 0. The zero-order valence-electron chi connectivity index (χ0n) is 19.7. The number of para-hydroxylation sites is 1. The largest absolute Gasteiger partial charge is 0.493 e. The average Bonchev–Trinajstić information content (AvgIpc) is 3.61. The first-order valence-corrected chi connectivity index (χ1v) is 12.1. The number of carbonyl (C=O) groups is 2. The van der Waals surface area contributed by atoms with Crippen molar-refractivity contribution in [3.05, 3.63) is 88.2 Å². The lowest BCUT2D eigenvalue weighted by molar-refractivity contribution is -0.136. The number of hydrogen-bond acceptors (Lipinski definition) is 8. The van der Waals surface area contributed by atoms with Crippen molar-refractivity contribution in [2.75, 3.05) is 20.8 Å². The molecule has 36 heavy (non-hydrogen) atoms. The zero-order chi connectivity index (χ0) is 25.1. The Balaban J connectivity index is 1.36. The molecule has 0 saturated heterocycles. The summed E-state index contributed by atoms with van der Waals surface area (Å²) in [5, 5.41) is 8.87. The van der Waals surface area contributed by atoms with E-state index in [1.54, 1.807) is 43.8 Å². The summed E-state index contributed by atoms with van der Waals surface area (Å²) in [6.45, 7) is -0.460. The molecule has 1 aliphatic rings. The van der Waals surface area contributed by atoms with Gasteiger partial charge in [0.2, 0.25) is 0 Å². The Labute approximate surface area is 211 Å². The van der Waals surface area contributed by atoms with Crippen LogP contribution in [0.1, 0.15) is 33.4 Å². The predicted molar refractivity (Wildman–Crippen MR) is 137 cm³/mol. The smallest absolute Gasteiger partial charge is 0.357 e. The molecule has 8 nitrogen and oxygen atoms in total. The highest BCUT2D eigenvalue weighted by Crippen LogP contribution is 2.37. The molecule has 1 atom stereocenters. The molecule has 0 bridgehead atoms. The number of carbonyl (C=O) groups excluding carboxylic acids is 2. The van der Waals surface area contributed by atoms with Crippen LogP contribution in [-0.4, -0.2) is 48.4 Å². The van der Waals surface area contributed by atoms with Crippen molar-refractivity contribution in [2.45, 2.75) is 12.5 Å². The summed E-state index contributed by atoms with van der Waals surface area (Å²) in [7, 11) is 3.13. The van der Waals surface area contributed by atoms with Crippen LogP contribution in [0.15, 0.2) is 77.2 Å². The van der Waals surface area contributed by atoms with Crippen LogP contribution in [0.2, 0.25) is 0 Å². The number of aromatic nitrogens is 1. The summed E-state index contributed by atoms with van der Waals surface area (Å²) in [6.07, 6.45) is 0.516. The van der Waals surface area contributed by atoms with E-state index in [-0.39, 0.29) is 11.7 Å². The number of benzene rings is 2. The third-order valence-corrected chi connectivity index (χ3v) is 6.82. The number of thiophene rings is 1. The molecule has 0 radical (unpaired) electrons. The molecule has 0 spiro atoms. The second kappa shape index (κ2) is 10.2. The van der Waals surface area contributed by atoms with E-state index in [4.69, 9.17) is 14.2 Å². The highest BCUT2D eigenvalue weighted by Gasteiger charge is 2.34. The summed E-state index contributed by atoms with van der Waals surface area (Å²) < 4.78 is 16.1. The Hall–Kier alpha value is -4.24. The van der Waals surface area contributed by atoms with Gasteiger partial charge >= 0.3 is 5.97 Å². The molecule has 0 N–H and O–H groups in total. The number of ether oxygens (including phenoxy) is 3. The first-order valence-electron chi connectivity index (χ1n) is 11.3. The van der Waals surface area contributed by atoms with Gasteiger partial charge in [-0.25, -0.2) is 14.8 Å². The van der Waals surface area contributed by atoms with Crippen LogP contribution in [0.3, 0.4) is 0 Å². The molecule has 3 heterocycles. The summed E-state index contributed by atoms with van der Waals surface area (Å²) in [5.41, 5.74) is 2.44. The Morgan fingerprint density at radius 2 is 1.83 bits per heavy atom. The lowest BCUT2D eigenvalue weighted by Gasteiger charge is -2.22. The molecule has 2 aromatic heterocycles. The molecule has 2 aromatic carbocycles. The third-order valence-electron chi connectivity index (χ3n) is 5.90. The van der Waals surface area contributed by atoms with Crippen molar-refractivity contribution in [3.63, 3.8) is 0 Å². The van der Waals surface area contributed by atoms with Crippen molar-refractivity contribution in [1.82, 2.24) is 9.99 Å². The number of rotatable bonds is 7. The van der Waals surface area contributed by atoms with Gasteiger partial charge in [-0.2, -0.15) is 5.10 Å². The van der Waals surface area contributed by atoms with E-state index < -0.39 is 18.5 Å². The average molecular weight is 502 g/mol. The van der Waals surface area contributed by atoms with E-state index in [1.165, 1.54) is 5.01 Å². The molecule has 1 aliphatic heterocycles. The zero-order valence-corrected chi connectivity index (χ0v) is 20.5. The highest BCUT2D eigenvalue weighted by atomic mass is 32.1. The molecule has 0 saturated carbocycles. The first kappa shape index (κ1) is 23.5. The molecule has 1 amide bonds. The van der Waals surface area contributed by atoms with Crippen molar-refractivity contribution in [2.24, 2.45) is 5.10 Å². The Kier molecular flexibility index (Phi) is 6.64. The SMILES string of the molecule is COc1ccc(C2CC(c3cccs3)=NN2C(=O)COC(=O)c2ccc3ccccc3n2)cc1OC. The van der Waals surface area contributed by atoms with Gasteiger partial charge in [0.1, 0.15) is 5.69 Å². The topological polar surface area (TPSA) is 90.3 Å². The number of fused-ring (bicyclic) bond motifs is 1. The summed E-state index contributed by atoms with van der Waals surface area (Å²) in [4.78, 5) is 31.2. The van der Waals surface area contributed by atoms with Gasteiger partial charge in [0.05, 0.1) is 36.4 Å². The van der Waals surface area contributed by atoms with E-state index in [0.717, 1.165) is 21.5 Å². The molecule has 4 aromatic rings. The van der Waals surface area contributed by atoms with Crippen LogP contribution >= 0.6 is 11.3 Å². The maximum Gasteiger partial charge on any atom is 0.357 e. The van der Waals surface area contributed by atoms with Gasteiger partial charge in [-0.15, -0.1) is 11.3 Å². The van der Waals surface area contributed by atoms with E-state index in [0.29, 0.717) is 23.4 Å². The van der Waals surface area contributed by atoms with Crippen LogP contribution in [0.5, 0.6) is 11.5 Å². The maximum absolute atomic E-state index is 13.2. The second-order valence-electron chi connectivity index (χ2n) is 8.06. The van der Waals surface area contributed by atoms with Crippen molar-refractivity contribution in [3.8, 4) is 11.5 Å². The fourth-order valence-corrected chi connectivity index (χ4v) is 4.82. The lowest BCUT2D eigenvalue weighted by Crippen LogP contribution is -2.31. The number of methoxy groups -OCH3 is 2. The molecular formula is C27H23N3O5S. The Bertz CT molecular complexity index is 1450. The Morgan fingerprint density at radius 1 is 1.00 bits per heavy atom. The van der Waals surface area contributed by atoms with E-state index >= 15 is 0 Å². The summed E-state index contributed by atoms with van der Waals surface area (Å²) in [5.74, 6) is 0.0445. The number of pyridine rings is 1. The van der Waals surface area contributed by atoms with Gasteiger partial charge in [0.25, 0.3) is 5.91 Å². The lowest BCUT2D eigenvalue weighted by atomic mass is 10.0. The molecule has 9 heteroatoms. The molecule has 5 rings (SSSR count). The minimum absolute atomic E-state index is 0.141. The molecule has 0 aliphatic carbocycles. The minimum atomic E-state index is -0.668. The van der Waals surface area contributed by atoms with Crippen LogP contribution in [-0.2, 0) is 9.53 Å². The van der Waals surface area contributed by atoms with Gasteiger partial charge in [-0.1, -0.05) is 36.4 Å². The van der Waals surface area contributed by atoms with E-state index in [9.17, 15) is 9.59 Å². The summed E-state index contributed by atoms with van der Waals surface area (Å²) in [6, 6.07) is 19.9. The predicted octanol–water partition coefficient (Wildman–Crippen LogP) is 4.85. The van der Waals surface area contributed by atoms with E-state index in [2.05, 4.69) is 10.1 Å². The van der Waals surface area contributed by atoms with Crippen LogP contribution in [0.25, 0.3) is 10.9 Å². The van der Waals surface area contributed by atoms with Crippen molar-refractivity contribution >= 4 is 39.8 Å². The van der Waals surface area contributed by atoms with Crippen molar-refractivity contribution in [1.29, 1.82) is 0 Å². The van der Waals surface area contributed by atoms with Gasteiger partial charge in [-0.3, -0.25) is 4.79 Å². The number of esters is 1. The first-order chi connectivity index (χ1) is 17.6. The van der Waals surface area contributed by atoms with Gasteiger partial charge in [0.15, 0.2) is 18.1 Å². The second-order valence-corrected chi connectivity index (χ2v) is 9.01. The number of amides is 1. The molecular weight excluding hydrogens is 478 g/mol. The highest BCUT2D eigenvalue weighted by molar-refractivity contribution is 7.12. The van der Waals surface area contributed by atoms with Gasteiger partial charge in [-0.05, 0) is 41.3 Å². The number of nitrogens with zero attached hydrogens (tertiary/aromatic N) is 3. The normalized spacial score (nSPS) is 15.0. The fourth-order valence-electron chi connectivity index (χ4n) is 4.10. The van der Waals surface area contributed by atoms with Gasteiger partial charge in [0, 0.05) is 11.8 Å². The molecule has 0 fully saturated rings. The number of hydrazone groups is 1. The minimum Gasteiger partial charge on any atom is -0.493 e.